The largest absolute Gasteiger partial charge is 0.492 e. The van der Waals surface area contributed by atoms with Gasteiger partial charge in [-0.1, -0.05) is 25.1 Å². The lowest BCUT2D eigenvalue weighted by molar-refractivity contribution is 0.0937. The zero-order chi connectivity index (χ0) is 14.2. The number of benzene rings is 1. The number of hydrogen-bond donors (Lipinski definition) is 2. The average Bonchev–Trinajstić information content (AvgIpc) is 2.94. The van der Waals surface area contributed by atoms with Gasteiger partial charge in [-0.15, -0.1) is 5.10 Å². The van der Waals surface area contributed by atoms with Crippen LogP contribution in [0, 0.1) is 0 Å². The molecule has 0 unspecified atom stereocenters. The molecule has 0 radical (unpaired) electrons. The van der Waals surface area contributed by atoms with E-state index in [0.29, 0.717) is 13.2 Å². The minimum absolute atomic E-state index is 0.174. The van der Waals surface area contributed by atoms with Crippen molar-refractivity contribution in [3.05, 3.63) is 42.0 Å². The number of H-pyrrole nitrogens is 1. The van der Waals surface area contributed by atoms with E-state index < -0.39 is 0 Å². The van der Waals surface area contributed by atoms with Crippen molar-refractivity contribution in [2.24, 2.45) is 0 Å². The summed E-state index contributed by atoms with van der Waals surface area (Å²) in [4.78, 5) is 15.9. The van der Waals surface area contributed by atoms with Gasteiger partial charge >= 0.3 is 0 Å². The highest BCUT2D eigenvalue weighted by molar-refractivity contribution is 5.90. The number of para-hydroxylation sites is 1. The fourth-order valence-electron chi connectivity index (χ4n) is 1.67. The Morgan fingerprint density at radius 3 is 2.90 bits per heavy atom. The molecule has 106 valence electrons. The molecule has 2 rings (SSSR count). The first kappa shape index (κ1) is 14.0. The Morgan fingerprint density at radius 1 is 1.35 bits per heavy atom. The third kappa shape index (κ3) is 4.08. The monoisotopic (exact) mass is 274 g/mol. The van der Waals surface area contributed by atoms with E-state index in [9.17, 15) is 4.79 Å². The van der Waals surface area contributed by atoms with E-state index in [1.54, 1.807) is 0 Å². The number of carbonyl (C=O) groups is 1. The van der Waals surface area contributed by atoms with Gasteiger partial charge in [0.2, 0.25) is 5.82 Å². The number of ether oxygens (including phenoxy) is 1. The summed E-state index contributed by atoms with van der Waals surface area (Å²) < 4.78 is 5.47. The first-order chi connectivity index (χ1) is 9.79. The SMILES string of the molecule is CCCc1nc(C(=O)NCCOc2ccccc2)n[nH]1. The molecule has 0 aliphatic carbocycles. The summed E-state index contributed by atoms with van der Waals surface area (Å²) >= 11 is 0. The lowest BCUT2D eigenvalue weighted by Crippen LogP contribution is -2.29. The van der Waals surface area contributed by atoms with Crippen LogP contribution in [0.2, 0.25) is 0 Å². The molecule has 0 saturated carbocycles. The molecule has 1 aromatic heterocycles. The quantitative estimate of drug-likeness (QED) is 0.751. The molecule has 0 atom stereocenters. The van der Waals surface area contributed by atoms with Crippen molar-refractivity contribution in [1.29, 1.82) is 0 Å². The van der Waals surface area contributed by atoms with Crippen molar-refractivity contribution >= 4 is 5.91 Å². The Hall–Kier alpha value is -2.37. The fourth-order valence-corrected chi connectivity index (χ4v) is 1.67. The Morgan fingerprint density at radius 2 is 2.15 bits per heavy atom. The molecular weight excluding hydrogens is 256 g/mol. The first-order valence-electron chi connectivity index (χ1n) is 6.67. The fraction of sp³-hybridized carbons (Fsp3) is 0.357. The van der Waals surface area contributed by atoms with Crippen molar-refractivity contribution in [2.75, 3.05) is 13.2 Å². The van der Waals surface area contributed by atoms with Crippen LogP contribution in [0.3, 0.4) is 0 Å². The molecule has 0 bridgehead atoms. The van der Waals surface area contributed by atoms with Crippen molar-refractivity contribution in [3.63, 3.8) is 0 Å². The summed E-state index contributed by atoms with van der Waals surface area (Å²) in [6.45, 7) is 2.86. The van der Waals surface area contributed by atoms with Crippen molar-refractivity contribution in [1.82, 2.24) is 20.5 Å². The molecule has 1 amide bonds. The van der Waals surface area contributed by atoms with Gasteiger partial charge in [-0.2, -0.15) is 0 Å². The smallest absolute Gasteiger partial charge is 0.291 e. The summed E-state index contributed by atoms with van der Waals surface area (Å²) in [5.74, 6) is 1.40. The third-order valence-electron chi connectivity index (χ3n) is 2.62. The lowest BCUT2D eigenvalue weighted by atomic mass is 10.3. The molecule has 6 nitrogen and oxygen atoms in total. The number of aromatic nitrogens is 3. The molecule has 0 aliphatic rings. The Kier molecular flexibility index (Phi) is 5.11. The predicted molar refractivity (Wildman–Crippen MR) is 74.6 cm³/mol. The van der Waals surface area contributed by atoms with Gasteiger partial charge in [0, 0.05) is 6.42 Å². The zero-order valence-corrected chi connectivity index (χ0v) is 11.4. The van der Waals surface area contributed by atoms with E-state index in [1.807, 2.05) is 37.3 Å². The lowest BCUT2D eigenvalue weighted by Gasteiger charge is -2.06. The van der Waals surface area contributed by atoms with Crippen molar-refractivity contribution in [3.8, 4) is 5.75 Å². The number of amides is 1. The van der Waals surface area contributed by atoms with Crippen LogP contribution < -0.4 is 10.1 Å². The van der Waals surface area contributed by atoms with Gasteiger partial charge in [-0.05, 0) is 18.6 Å². The molecule has 2 N–H and O–H groups in total. The maximum absolute atomic E-state index is 11.8. The van der Waals surface area contributed by atoms with Crippen LogP contribution in [-0.4, -0.2) is 34.2 Å². The maximum atomic E-state index is 11.8. The van der Waals surface area contributed by atoms with Crippen LogP contribution in [0.5, 0.6) is 5.75 Å². The molecule has 1 heterocycles. The van der Waals surface area contributed by atoms with Gasteiger partial charge in [0.15, 0.2) is 0 Å². The topological polar surface area (TPSA) is 79.9 Å². The van der Waals surface area contributed by atoms with E-state index in [0.717, 1.165) is 24.4 Å². The summed E-state index contributed by atoms with van der Waals surface area (Å²) in [5, 5.41) is 9.35. The number of nitrogens with zero attached hydrogens (tertiary/aromatic N) is 2. The number of nitrogens with one attached hydrogen (secondary N) is 2. The number of aryl methyl sites for hydroxylation is 1. The van der Waals surface area contributed by atoms with E-state index >= 15 is 0 Å². The second-order valence-electron chi connectivity index (χ2n) is 4.27. The molecule has 2 aromatic rings. The molecule has 0 saturated heterocycles. The molecule has 0 fully saturated rings. The summed E-state index contributed by atoms with van der Waals surface area (Å²) in [5.41, 5.74) is 0. The highest BCUT2D eigenvalue weighted by Gasteiger charge is 2.11. The zero-order valence-electron chi connectivity index (χ0n) is 11.4. The predicted octanol–water partition coefficient (Wildman–Crippen LogP) is 1.57. The maximum Gasteiger partial charge on any atom is 0.291 e. The van der Waals surface area contributed by atoms with E-state index in [1.165, 1.54) is 0 Å². The Bertz CT molecular complexity index is 539. The average molecular weight is 274 g/mol. The standard InChI is InChI=1S/C14H18N4O2/c1-2-6-12-16-13(18-17-12)14(19)15-9-10-20-11-7-4-3-5-8-11/h3-5,7-8H,2,6,9-10H2,1H3,(H,15,19)(H,16,17,18). The van der Waals surface area contributed by atoms with Crippen molar-refractivity contribution in [2.45, 2.75) is 19.8 Å². The number of aromatic amines is 1. The van der Waals surface area contributed by atoms with Gasteiger partial charge < -0.3 is 10.1 Å². The van der Waals surface area contributed by atoms with Gasteiger partial charge in [0.05, 0.1) is 6.54 Å². The van der Waals surface area contributed by atoms with Crippen LogP contribution in [0.1, 0.15) is 29.8 Å². The van der Waals surface area contributed by atoms with E-state index in [2.05, 4.69) is 20.5 Å². The van der Waals surface area contributed by atoms with Crippen LogP contribution in [0.4, 0.5) is 0 Å². The third-order valence-corrected chi connectivity index (χ3v) is 2.62. The Labute approximate surface area is 117 Å². The van der Waals surface area contributed by atoms with Gasteiger partial charge in [-0.25, -0.2) is 4.98 Å². The number of carbonyl (C=O) groups excluding carboxylic acids is 1. The minimum Gasteiger partial charge on any atom is -0.492 e. The molecule has 0 spiro atoms. The van der Waals surface area contributed by atoms with Crippen molar-refractivity contribution < 1.29 is 9.53 Å². The molecule has 1 aromatic carbocycles. The number of hydrogen-bond acceptors (Lipinski definition) is 4. The van der Waals surface area contributed by atoms with Gasteiger partial charge in [-0.3, -0.25) is 9.89 Å². The second-order valence-corrected chi connectivity index (χ2v) is 4.27. The van der Waals surface area contributed by atoms with E-state index in [-0.39, 0.29) is 11.7 Å². The Balaban J connectivity index is 1.72. The summed E-state index contributed by atoms with van der Waals surface area (Å²) in [7, 11) is 0. The van der Waals surface area contributed by atoms with E-state index in [4.69, 9.17) is 4.74 Å². The normalized spacial score (nSPS) is 10.2. The molecule has 6 heteroatoms. The summed E-state index contributed by atoms with van der Waals surface area (Å²) in [6, 6.07) is 9.46. The van der Waals surface area contributed by atoms with Crippen LogP contribution in [0.25, 0.3) is 0 Å². The first-order valence-corrected chi connectivity index (χ1v) is 6.67. The molecule has 20 heavy (non-hydrogen) atoms. The highest BCUT2D eigenvalue weighted by atomic mass is 16.5. The van der Waals surface area contributed by atoms with Gasteiger partial charge in [0.25, 0.3) is 5.91 Å². The highest BCUT2D eigenvalue weighted by Crippen LogP contribution is 2.07. The van der Waals surface area contributed by atoms with Crippen LogP contribution >= 0.6 is 0 Å². The molecule has 0 aliphatic heterocycles. The summed E-state index contributed by atoms with van der Waals surface area (Å²) in [6.07, 6.45) is 1.75. The van der Waals surface area contributed by atoms with Crippen LogP contribution in [-0.2, 0) is 6.42 Å². The second kappa shape index (κ2) is 7.28. The van der Waals surface area contributed by atoms with Crippen LogP contribution in [0.15, 0.2) is 30.3 Å². The minimum atomic E-state index is -0.291. The number of rotatable bonds is 7. The molecular formula is C14H18N4O2. The van der Waals surface area contributed by atoms with Gasteiger partial charge in [0.1, 0.15) is 18.2 Å².